The Bertz CT molecular complexity index is 2580. The van der Waals surface area contributed by atoms with Gasteiger partial charge < -0.3 is 33.2 Å². The van der Waals surface area contributed by atoms with Crippen LogP contribution in [0.5, 0.6) is 34.5 Å². The number of hydrogen-bond acceptors (Lipinski definition) is 9. The molecule has 7 aromatic carbocycles. The first-order chi connectivity index (χ1) is 29.1. The van der Waals surface area contributed by atoms with Crippen molar-refractivity contribution in [2.24, 2.45) is 0 Å². The molecular weight excluding hydrogens is 757 g/mol. The first-order valence-electron chi connectivity index (χ1n) is 19.6. The van der Waals surface area contributed by atoms with Gasteiger partial charge in [0.15, 0.2) is 23.0 Å². The van der Waals surface area contributed by atoms with E-state index in [1.807, 2.05) is 152 Å². The van der Waals surface area contributed by atoms with Crippen molar-refractivity contribution >= 4 is 11.9 Å². The molecule has 7 aromatic rings. The smallest absolute Gasteiger partial charge is 0.343 e. The lowest BCUT2D eigenvalue weighted by Gasteiger charge is -2.28. The summed E-state index contributed by atoms with van der Waals surface area (Å²) >= 11 is 0. The van der Waals surface area contributed by atoms with E-state index in [0.29, 0.717) is 16.9 Å². The van der Waals surface area contributed by atoms with Crippen LogP contribution in [-0.2, 0) is 22.9 Å². The van der Waals surface area contributed by atoms with E-state index in [9.17, 15) is 9.59 Å². The summed E-state index contributed by atoms with van der Waals surface area (Å²) in [5, 5.41) is 0. The quantitative estimate of drug-likeness (QED) is 0.0989. The molecule has 2 aliphatic heterocycles. The van der Waals surface area contributed by atoms with Crippen LogP contribution in [0.1, 0.15) is 69.3 Å². The van der Waals surface area contributed by atoms with Gasteiger partial charge in [0.25, 0.3) is 0 Å². The van der Waals surface area contributed by atoms with E-state index in [2.05, 4.69) is 0 Å². The van der Waals surface area contributed by atoms with Crippen molar-refractivity contribution < 1.29 is 42.7 Å². The van der Waals surface area contributed by atoms with Crippen molar-refractivity contribution in [3.8, 4) is 34.5 Å². The Kier molecular flexibility index (Phi) is 9.72. The predicted molar refractivity (Wildman–Crippen MR) is 224 cm³/mol. The first-order valence-corrected chi connectivity index (χ1v) is 19.6. The number of rotatable bonds is 10. The minimum Gasteiger partial charge on any atom is -0.485 e. The fraction of sp³-hybridized carbons (Fsp3) is 0.137. The second kappa shape index (κ2) is 15.3. The highest BCUT2D eigenvalue weighted by atomic mass is 16.7. The Morgan fingerprint density at radius 1 is 0.483 bits per heavy atom. The third-order valence-electron chi connectivity index (χ3n) is 9.97. The van der Waals surface area contributed by atoms with E-state index in [1.165, 1.54) is 12.1 Å². The van der Waals surface area contributed by atoms with Gasteiger partial charge in [-0.3, -0.25) is 0 Å². The molecule has 2 aliphatic rings. The van der Waals surface area contributed by atoms with Gasteiger partial charge in [0, 0.05) is 22.3 Å². The molecule has 9 nitrogen and oxygen atoms in total. The summed E-state index contributed by atoms with van der Waals surface area (Å²) in [7, 11) is 0. The van der Waals surface area contributed by atoms with Crippen LogP contribution in [-0.4, -0.2) is 17.5 Å². The SMILES string of the molecule is CC(C)(C)OC(=O)c1cc(OC(=O)c2cc(OCc3ccccc3)c3c(c2)OC(c2ccccc2)(c2ccccc2)O3)c2c(c1)OC(c1ccccc1)(c1ccccc1)O2. The van der Waals surface area contributed by atoms with Crippen molar-refractivity contribution in [1.82, 2.24) is 0 Å². The largest absolute Gasteiger partial charge is 0.485 e. The van der Waals surface area contributed by atoms with E-state index in [-0.39, 0.29) is 46.5 Å². The Morgan fingerprint density at radius 3 is 1.30 bits per heavy atom. The molecule has 0 spiro atoms. The molecule has 0 saturated carbocycles. The molecular formula is C51H40O9. The number of fused-ring (bicyclic) bond motifs is 2. The summed E-state index contributed by atoms with van der Waals surface area (Å²) in [4.78, 5) is 28.2. The summed E-state index contributed by atoms with van der Waals surface area (Å²) in [5.74, 6) is -3.21. The minimum atomic E-state index is -1.48. The molecule has 0 radical (unpaired) electrons. The monoisotopic (exact) mass is 796 g/mol. The first kappa shape index (κ1) is 38.0. The molecule has 0 saturated heterocycles. The summed E-state index contributed by atoms with van der Waals surface area (Å²) in [6.45, 7) is 5.50. The molecule has 0 N–H and O–H groups in total. The third kappa shape index (κ3) is 7.26. The van der Waals surface area contributed by atoms with E-state index < -0.39 is 29.1 Å². The van der Waals surface area contributed by atoms with Gasteiger partial charge in [-0.15, -0.1) is 0 Å². The van der Waals surface area contributed by atoms with Gasteiger partial charge in [0.1, 0.15) is 12.2 Å². The third-order valence-corrected chi connectivity index (χ3v) is 9.97. The van der Waals surface area contributed by atoms with Crippen LogP contribution in [0, 0.1) is 0 Å². The van der Waals surface area contributed by atoms with Gasteiger partial charge in [-0.05, 0) is 50.6 Å². The minimum absolute atomic E-state index is 0.0561. The van der Waals surface area contributed by atoms with Gasteiger partial charge in [-0.25, -0.2) is 9.59 Å². The van der Waals surface area contributed by atoms with Crippen molar-refractivity contribution in [2.75, 3.05) is 0 Å². The highest BCUT2D eigenvalue weighted by molar-refractivity contribution is 5.95. The van der Waals surface area contributed by atoms with E-state index in [4.69, 9.17) is 33.2 Å². The molecule has 9 heteroatoms. The number of hydrogen-bond donors (Lipinski definition) is 0. The summed E-state index contributed by atoms with van der Waals surface area (Å²) < 4.78 is 45.4. The zero-order chi connectivity index (χ0) is 41.3. The van der Waals surface area contributed by atoms with Crippen molar-refractivity contribution in [2.45, 2.75) is 44.6 Å². The molecule has 0 amide bonds. The number of benzene rings is 7. The number of carbonyl (C=O) groups excluding carboxylic acids is 2. The van der Waals surface area contributed by atoms with E-state index >= 15 is 0 Å². The number of esters is 2. The molecule has 0 aromatic heterocycles. The van der Waals surface area contributed by atoms with Gasteiger partial charge in [-0.2, -0.15) is 0 Å². The second-order valence-electron chi connectivity index (χ2n) is 15.4. The van der Waals surface area contributed by atoms with E-state index in [0.717, 1.165) is 16.7 Å². The Hall–Kier alpha value is -7.52. The summed E-state index contributed by atoms with van der Waals surface area (Å²) in [6, 6.07) is 53.7. The molecule has 2 heterocycles. The number of ether oxygens (including phenoxy) is 7. The standard InChI is InChI=1S/C51H40O9/c1-49(2,3)60-48(53)36-30-42(46-44(32-36)57-51(59-46,39-25-15-7-16-26-39)40-27-17-8-18-28-40)55-47(52)35-29-41(54-33-34-19-9-4-10-20-34)45-43(31-35)56-50(58-45,37-21-11-5-12-22-37)38-23-13-6-14-24-38/h4-32H,33H2,1-3H3. The molecule has 60 heavy (non-hydrogen) atoms. The Morgan fingerprint density at radius 2 is 0.867 bits per heavy atom. The average Bonchev–Trinajstić information content (AvgIpc) is 3.88. The van der Waals surface area contributed by atoms with Crippen LogP contribution >= 0.6 is 0 Å². The van der Waals surface area contributed by atoms with Gasteiger partial charge in [0.2, 0.25) is 11.5 Å². The van der Waals surface area contributed by atoms with Gasteiger partial charge in [-0.1, -0.05) is 152 Å². The maximum absolute atomic E-state index is 14.6. The molecule has 0 fully saturated rings. The van der Waals surface area contributed by atoms with Crippen LogP contribution in [0.3, 0.4) is 0 Å². The average molecular weight is 797 g/mol. The molecule has 0 unspecified atom stereocenters. The highest BCUT2D eigenvalue weighted by Gasteiger charge is 2.49. The zero-order valence-corrected chi connectivity index (χ0v) is 33.1. The molecule has 0 atom stereocenters. The van der Waals surface area contributed by atoms with Crippen molar-refractivity contribution in [3.63, 3.8) is 0 Å². The zero-order valence-electron chi connectivity index (χ0n) is 33.1. The van der Waals surface area contributed by atoms with Crippen LogP contribution in [0.4, 0.5) is 0 Å². The topological polar surface area (TPSA) is 98.8 Å². The maximum atomic E-state index is 14.6. The summed E-state index contributed by atoms with van der Waals surface area (Å²) in [5.41, 5.74) is 3.11. The van der Waals surface area contributed by atoms with E-state index in [1.54, 1.807) is 32.9 Å². The van der Waals surface area contributed by atoms with Gasteiger partial charge >= 0.3 is 23.5 Å². The van der Waals surface area contributed by atoms with Crippen LogP contribution < -0.4 is 28.4 Å². The maximum Gasteiger partial charge on any atom is 0.343 e. The molecule has 9 rings (SSSR count). The van der Waals surface area contributed by atoms with Crippen molar-refractivity contribution in [3.05, 3.63) is 215 Å². The normalized spacial score (nSPS) is 14.2. The fourth-order valence-corrected chi connectivity index (χ4v) is 7.23. The fourth-order valence-electron chi connectivity index (χ4n) is 7.23. The second-order valence-corrected chi connectivity index (χ2v) is 15.4. The van der Waals surface area contributed by atoms with Crippen molar-refractivity contribution in [1.29, 1.82) is 0 Å². The predicted octanol–water partition coefficient (Wildman–Crippen LogP) is 10.8. The number of carbonyl (C=O) groups is 2. The Labute approximate surface area is 347 Å². The lowest BCUT2D eigenvalue weighted by Crippen LogP contribution is -2.36. The lowest BCUT2D eigenvalue weighted by molar-refractivity contribution is -0.0470. The van der Waals surface area contributed by atoms with Crippen LogP contribution in [0.25, 0.3) is 0 Å². The van der Waals surface area contributed by atoms with Crippen LogP contribution in [0.15, 0.2) is 176 Å². The molecule has 298 valence electrons. The summed E-state index contributed by atoms with van der Waals surface area (Å²) in [6.07, 6.45) is 0. The molecule has 0 aliphatic carbocycles. The van der Waals surface area contributed by atoms with Gasteiger partial charge in [0.05, 0.1) is 11.1 Å². The lowest BCUT2D eigenvalue weighted by atomic mass is 9.97. The highest BCUT2D eigenvalue weighted by Crippen LogP contribution is 2.55. The molecule has 0 bridgehead atoms. The van der Waals surface area contributed by atoms with Crippen LogP contribution in [0.2, 0.25) is 0 Å². The Balaban J connectivity index is 1.13.